The molecule has 0 saturated carbocycles. The predicted molar refractivity (Wildman–Crippen MR) is 148 cm³/mol. The van der Waals surface area contributed by atoms with Gasteiger partial charge in [0.1, 0.15) is 11.8 Å². The second-order valence-electron chi connectivity index (χ2n) is 10.3. The lowest BCUT2D eigenvalue weighted by atomic mass is 10.0. The number of anilines is 1. The Kier molecular flexibility index (Phi) is 6.72. The van der Waals surface area contributed by atoms with Crippen molar-refractivity contribution in [3.05, 3.63) is 71.5 Å². The highest BCUT2D eigenvalue weighted by Gasteiger charge is 2.57. The maximum atomic E-state index is 12.9. The first-order chi connectivity index (χ1) is 20.6. The minimum Gasteiger partial charge on any atom is -0.456 e. The fraction of sp³-hybridized carbons (Fsp3) is 0.286. The van der Waals surface area contributed by atoms with Crippen LogP contribution in [0.4, 0.5) is 18.9 Å². The molecule has 2 aromatic heterocycles. The van der Waals surface area contributed by atoms with E-state index in [-0.39, 0.29) is 18.3 Å². The number of fused-ring (bicyclic) bond motifs is 2. The third-order valence-corrected chi connectivity index (χ3v) is 7.85. The molecule has 7 rings (SSSR count). The zero-order valence-electron chi connectivity index (χ0n) is 22.1. The number of alkyl halides is 3. The standard InChI is InChI=1S/C28H24ClF3N6O5/c29-18-11-19-25(35-26(33-19)43-21-13-42-20-9-10-41-24(20)21)34-23(18)16-3-1-14(2-4-16)15-5-7-17(8-6-15)38-12-22(36-37-38)27(39,40)28(30,31)32/h1-8,11-12,20-21,24,36-37,39-40H,9-10,13H2,(H,33,34,35)/t20-,21?,24+/m1/s1. The summed E-state index contributed by atoms with van der Waals surface area (Å²) in [7, 11) is 0. The van der Waals surface area contributed by atoms with Gasteiger partial charge in [-0.25, -0.2) is 4.98 Å². The second-order valence-corrected chi connectivity index (χ2v) is 10.7. The van der Waals surface area contributed by atoms with Gasteiger partial charge in [0.15, 0.2) is 11.8 Å². The van der Waals surface area contributed by atoms with Gasteiger partial charge < -0.3 is 34.8 Å². The van der Waals surface area contributed by atoms with Gasteiger partial charge in [0.2, 0.25) is 0 Å². The number of H-pyrrole nitrogens is 1. The molecule has 224 valence electrons. The quantitative estimate of drug-likeness (QED) is 0.204. The molecule has 0 bridgehead atoms. The van der Waals surface area contributed by atoms with Crippen LogP contribution >= 0.6 is 11.6 Å². The number of hydrogen-bond donors (Lipinski definition) is 5. The molecule has 3 atom stereocenters. The van der Waals surface area contributed by atoms with E-state index in [2.05, 4.69) is 25.9 Å². The largest absolute Gasteiger partial charge is 0.456 e. The monoisotopic (exact) mass is 616 g/mol. The van der Waals surface area contributed by atoms with Crippen LogP contribution in [0.5, 0.6) is 6.01 Å². The third-order valence-electron chi connectivity index (χ3n) is 7.57. The summed E-state index contributed by atoms with van der Waals surface area (Å²) in [5.74, 6) is -4.02. The minimum atomic E-state index is -5.28. The first-order valence-electron chi connectivity index (χ1n) is 13.3. The molecule has 0 amide bonds. The average molecular weight is 617 g/mol. The molecule has 0 spiro atoms. The fourth-order valence-electron chi connectivity index (χ4n) is 5.25. The number of nitrogens with one attached hydrogen (secondary N) is 3. The molecule has 2 saturated heterocycles. The van der Waals surface area contributed by atoms with Gasteiger partial charge in [0.05, 0.1) is 34.6 Å². The van der Waals surface area contributed by atoms with Crippen molar-refractivity contribution in [2.75, 3.05) is 18.2 Å². The summed E-state index contributed by atoms with van der Waals surface area (Å²) < 4.78 is 56.3. The Morgan fingerprint density at radius 2 is 1.67 bits per heavy atom. The maximum Gasteiger partial charge on any atom is 0.449 e. The molecule has 3 aliphatic rings. The molecule has 5 heterocycles. The van der Waals surface area contributed by atoms with E-state index in [4.69, 9.17) is 25.8 Å². The summed E-state index contributed by atoms with van der Waals surface area (Å²) in [4.78, 5) is 12.3. The van der Waals surface area contributed by atoms with Gasteiger partial charge in [-0.05, 0) is 35.7 Å². The molecule has 15 heteroatoms. The van der Waals surface area contributed by atoms with E-state index in [0.717, 1.165) is 29.3 Å². The summed E-state index contributed by atoms with van der Waals surface area (Å²) >= 11 is 6.58. The van der Waals surface area contributed by atoms with Crippen molar-refractivity contribution < 1.29 is 37.6 Å². The number of hydrogen-bond acceptors (Lipinski definition) is 10. The van der Waals surface area contributed by atoms with Gasteiger partial charge in [-0.2, -0.15) is 18.2 Å². The molecular formula is C28H24ClF3N6O5. The van der Waals surface area contributed by atoms with E-state index in [1.165, 1.54) is 5.01 Å². The van der Waals surface area contributed by atoms with Crippen LogP contribution in [0, 0.1) is 0 Å². The normalized spacial score (nSPS) is 22.1. The van der Waals surface area contributed by atoms with Crippen molar-refractivity contribution in [2.24, 2.45) is 0 Å². The highest BCUT2D eigenvalue weighted by molar-refractivity contribution is 6.33. The van der Waals surface area contributed by atoms with E-state index < -0.39 is 17.7 Å². The van der Waals surface area contributed by atoms with Gasteiger partial charge in [0.25, 0.3) is 6.01 Å². The molecular weight excluding hydrogens is 593 g/mol. The molecule has 2 fully saturated rings. The Bertz CT molecular complexity index is 1700. The molecule has 3 aliphatic heterocycles. The number of aromatic amines is 1. The molecule has 11 nitrogen and oxygen atoms in total. The van der Waals surface area contributed by atoms with Crippen LogP contribution in [0.1, 0.15) is 6.42 Å². The zero-order valence-corrected chi connectivity index (χ0v) is 22.9. The van der Waals surface area contributed by atoms with Crippen LogP contribution in [0.2, 0.25) is 5.02 Å². The predicted octanol–water partition coefficient (Wildman–Crippen LogP) is 3.79. The molecule has 1 unspecified atom stereocenters. The number of rotatable bonds is 6. The van der Waals surface area contributed by atoms with Crippen molar-refractivity contribution in [3.8, 4) is 28.4 Å². The van der Waals surface area contributed by atoms with Crippen LogP contribution in [-0.4, -0.2) is 68.7 Å². The highest BCUT2D eigenvalue weighted by atomic mass is 35.5. The van der Waals surface area contributed by atoms with Crippen molar-refractivity contribution in [3.63, 3.8) is 0 Å². The lowest BCUT2D eigenvalue weighted by Gasteiger charge is -2.24. The smallest absolute Gasteiger partial charge is 0.449 e. The molecule has 5 N–H and O–H groups in total. The first kappa shape index (κ1) is 27.9. The Hall–Kier alpha value is -3.92. The van der Waals surface area contributed by atoms with Crippen molar-refractivity contribution in [2.45, 2.75) is 36.7 Å². The van der Waals surface area contributed by atoms with E-state index in [9.17, 15) is 23.4 Å². The summed E-state index contributed by atoms with van der Waals surface area (Å²) in [5, 5.41) is 20.6. The number of aliphatic hydroxyl groups is 2. The number of halogens is 4. The Balaban J connectivity index is 1.06. The lowest BCUT2D eigenvalue weighted by molar-refractivity contribution is -0.330. The number of imidazole rings is 1. The van der Waals surface area contributed by atoms with E-state index in [1.807, 2.05) is 24.3 Å². The second kappa shape index (κ2) is 10.4. The molecule has 2 aromatic carbocycles. The van der Waals surface area contributed by atoms with Crippen molar-refractivity contribution in [1.82, 2.24) is 25.9 Å². The van der Waals surface area contributed by atoms with Crippen LogP contribution in [0.15, 0.2) is 66.5 Å². The molecule has 0 radical (unpaired) electrons. The van der Waals surface area contributed by atoms with E-state index in [1.54, 1.807) is 30.3 Å². The summed E-state index contributed by atoms with van der Waals surface area (Å²) in [5.41, 5.74) is 8.33. The maximum absolute atomic E-state index is 12.9. The van der Waals surface area contributed by atoms with Crippen molar-refractivity contribution >= 4 is 28.5 Å². The lowest BCUT2D eigenvalue weighted by Crippen LogP contribution is -2.51. The van der Waals surface area contributed by atoms with Crippen LogP contribution in [0.25, 0.3) is 33.5 Å². The molecule has 4 aromatic rings. The highest BCUT2D eigenvalue weighted by Crippen LogP contribution is 2.36. The van der Waals surface area contributed by atoms with E-state index in [0.29, 0.717) is 46.8 Å². The Morgan fingerprint density at radius 3 is 2.40 bits per heavy atom. The topological polar surface area (TPSA) is 137 Å². The van der Waals surface area contributed by atoms with Crippen LogP contribution < -0.4 is 20.7 Å². The number of ether oxygens (including phenoxy) is 3. The Morgan fingerprint density at radius 1 is 0.977 bits per heavy atom. The zero-order chi connectivity index (χ0) is 29.9. The van der Waals surface area contributed by atoms with Gasteiger partial charge in [-0.1, -0.05) is 48.0 Å². The van der Waals surface area contributed by atoms with Crippen LogP contribution in [-0.2, 0) is 9.47 Å². The summed E-state index contributed by atoms with van der Waals surface area (Å²) in [6.45, 7) is 1.08. The number of hydrazine groups is 2. The van der Waals surface area contributed by atoms with Gasteiger partial charge >= 0.3 is 12.0 Å². The third kappa shape index (κ3) is 5.05. The Labute approximate surface area is 246 Å². The average Bonchev–Trinajstić information content (AvgIpc) is 3.78. The number of benzene rings is 2. The van der Waals surface area contributed by atoms with E-state index >= 15 is 0 Å². The molecule has 0 aliphatic carbocycles. The van der Waals surface area contributed by atoms with Gasteiger partial charge in [-0.3, -0.25) is 5.01 Å². The van der Waals surface area contributed by atoms with Gasteiger partial charge in [0, 0.05) is 18.4 Å². The summed E-state index contributed by atoms with van der Waals surface area (Å²) in [6, 6.07) is 16.5. The minimum absolute atomic E-state index is 0.0515. The van der Waals surface area contributed by atoms with Gasteiger partial charge in [-0.15, -0.1) is 5.53 Å². The van der Waals surface area contributed by atoms with Crippen LogP contribution in [0.3, 0.4) is 0 Å². The number of pyridine rings is 1. The van der Waals surface area contributed by atoms with Crippen molar-refractivity contribution in [1.29, 1.82) is 0 Å². The number of nitrogens with zero attached hydrogens (tertiary/aromatic N) is 3. The number of aromatic nitrogens is 3. The SMILES string of the molecule is OC(O)(C1=CN(c2ccc(-c3ccc(-c4nc5nc(OC6CO[C@@H]7CCO[C@H]67)[nH]c5cc4Cl)cc3)cc2)NN1)C(F)(F)F. The summed E-state index contributed by atoms with van der Waals surface area (Å²) in [6.07, 6.45) is -3.82. The fourth-order valence-corrected chi connectivity index (χ4v) is 5.51. The molecule has 43 heavy (non-hydrogen) atoms. The first-order valence-corrected chi connectivity index (χ1v) is 13.7.